The fraction of sp³-hybridized carbons (Fsp3) is 0.786. The SMILES string of the molecule is O=S(=O)(CC1CCOCC1)NCC1CCn2ccnc2C1. The van der Waals surface area contributed by atoms with Gasteiger partial charge in [-0.1, -0.05) is 0 Å². The molecular formula is C14H23N3O3S. The fourth-order valence-electron chi connectivity index (χ4n) is 3.12. The average Bonchev–Trinajstić information content (AvgIpc) is 2.93. The first-order valence-corrected chi connectivity index (χ1v) is 9.33. The number of fused-ring (bicyclic) bond motifs is 1. The van der Waals surface area contributed by atoms with Crippen molar-refractivity contribution in [3.05, 3.63) is 18.2 Å². The van der Waals surface area contributed by atoms with Crippen LogP contribution in [-0.2, 0) is 27.7 Å². The molecule has 21 heavy (non-hydrogen) atoms. The van der Waals surface area contributed by atoms with Crippen molar-refractivity contribution in [2.24, 2.45) is 11.8 Å². The second kappa shape index (κ2) is 6.46. The summed E-state index contributed by atoms with van der Waals surface area (Å²) in [5.41, 5.74) is 0. The number of aryl methyl sites for hydroxylation is 1. The van der Waals surface area contributed by atoms with E-state index in [2.05, 4.69) is 14.3 Å². The Balaban J connectivity index is 1.48. The molecule has 0 radical (unpaired) electrons. The quantitative estimate of drug-likeness (QED) is 0.872. The molecule has 0 aromatic carbocycles. The van der Waals surface area contributed by atoms with Gasteiger partial charge in [-0.05, 0) is 31.1 Å². The maximum Gasteiger partial charge on any atom is 0.211 e. The van der Waals surface area contributed by atoms with Crippen molar-refractivity contribution in [1.82, 2.24) is 14.3 Å². The Morgan fingerprint density at radius 2 is 2.10 bits per heavy atom. The van der Waals surface area contributed by atoms with Crippen LogP contribution in [0.2, 0.25) is 0 Å². The monoisotopic (exact) mass is 313 g/mol. The van der Waals surface area contributed by atoms with Crippen LogP contribution in [0.4, 0.5) is 0 Å². The third-order valence-electron chi connectivity index (χ3n) is 4.44. The van der Waals surface area contributed by atoms with Gasteiger partial charge in [0.15, 0.2) is 0 Å². The second-order valence-corrected chi connectivity index (χ2v) is 7.93. The molecule has 6 nitrogen and oxygen atoms in total. The summed E-state index contributed by atoms with van der Waals surface area (Å²) in [6, 6.07) is 0. The van der Waals surface area contributed by atoms with E-state index in [9.17, 15) is 8.42 Å². The Hall–Kier alpha value is -0.920. The normalized spacial score (nSPS) is 23.9. The summed E-state index contributed by atoms with van der Waals surface area (Å²) in [5, 5.41) is 0. The van der Waals surface area contributed by atoms with Gasteiger partial charge in [0.05, 0.1) is 5.75 Å². The molecule has 7 heteroatoms. The number of hydrogen-bond donors (Lipinski definition) is 1. The van der Waals surface area contributed by atoms with E-state index < -0.39 is 10.0 Å². The standard InChI is InChI=1S/C14H23N3O3S/c18-21(19,11-12-2-7-20-8-3-12)16-10-13-1-5-17-6-4-15-14(17)9-13/h4,6,12-13,16H,1-3,5,7-11H2. The zero-order valence-corrected chi connectivity index (χ0v) is 13.0. The van der Waals surface area contributed by atoms with Crippen LogP contribution in [0.1, 0.15) is 25.1 Å². The highest BCUT2D eigenvalue weighted by molar-refractivity contribution is 7.89. The van der Waals surface area contributed by atoms with Crippen LogP contribution in [0.15, 0.2) is 12.4 Å². The predicted molar refractivity (Wildman–Crippen MR) is 79.4 cm³/mol. The van der Waals surface area contributed by atoms with Crippen molar-refractivity contribution < 1.29 is 13.2 Å². The lowest BCUT2D eigenvalue weighted by atomic mass is 9.98. The Kier molecular flexibility index (Phi) is 4.61. The van der Waals surface area contributed by atoms with Crippen molar-refractivity contribution in [1.29, 1.82) is 0 Å². The van der Waals surface area contributed by atoms with Gasteiger partial charge in [0.2, 0.25) is 10.0 Å². The molecule has 1 fully saturated rings. The van der Waals surface area contributed by atoms with Crippen LogP contribution < -0.4 is 4.72 Å². The van der Waals surface area contributed by atoms with E-state index in [0.29, 0.717) is 25.7 Å². The van der Waals surface area contributed by atoms with Gasteiger partial charge in [0.1, 0.15) is 5.82 Å². The molecule has 0 saturated carbocycles. The summed E-state index contributed by atoms with van der Waals surface area (Å²) in [6.07, 6.45) is 7.35. The first-order chi connectivity index (χ1) is 10.1. The number of nitrogens with one attached hydrogen (secondary N) is 1. The Bertz CT molecular complexity index is 564. The van der Waals surface area contributed by atoms with Gasteiger partial charge in [-0.15, -0.1) is 0 Å². The fourth-order valence-corrected chi connectivity index (χ4v) is 4.68. The van der Waals surface area contributed by atoms with Crippen LogP contribution in [0, 0.1) is 11.8 Å². The number of rotatable bonds is 5. The molecule has 1 aromatic heterocycles. The zero-order chi connectivity index (χ0) is 14.7. The lowest BCUT2D eigenvalue weighted by Crippen LogP contribution is -2.37. The summed E-state index contributed by atoms with van der Waals surface area (Å²) in [6.45, 7) is 2.83. The Morgan fingerprint density at radius 1 is 1.29 bits per heavy atom. The highest BCUT2D eigenvalue weighted by Crippen LogP contribution is 2.19. The molecule has 0 aliphatic carbocycles. The summed E-state index contributed by atoms with van der Waals surface area (Å²) in [4.78, 5) is 4.32. The number of hydrogen-bond acceptors (Lipinski definition) is 4. The first kappa shape index (κ1) is 15.0. The number of imidazole rings is 1. The minimum Gasteiger partial charge on any atom is -0.381 e. The topological polar surface area (TPSA) is 73.2 Å². The average molecular weight is 313 g/mol. The van der Waals surface area contributed by atoms with Crippen LogP contribution in [0.25, 0.3) is 0 Å². The van der Waals surface area contributed by atoms with E-state index >= 15 is 0 Å². The molecule has 1 saturated heterocycles. The van der Waals surface area contributed by atoms with Gasteiger partial charge in [-0.25, -0.2) is 18.1 Å². The molecule has 0 bridgehead atoms. The minimum absolute atomic E-state index is 0.234. The van der Waals surface area contributed by atoms with E-state index in [-0.39, 0.29) is 11.7 Å². The van der Waals surface area contributed by atoms with Gasteiger partial charge < -0.3 is 9.30 Å². The van der Waals surface area contributed by atoms with Gasteiger partial charge in [0, 0.05) is 45.1 Å². The first-order valence-electron chi connectivity index (χ1n) is 7.67. The lowest BCUT2D eigenvalue weighted by Gasteiger charge is -2.25. The molecule has 2 aliphatic rings. The van der Waals surface area contributed by atoms with E-state index in [1.54, 1.807) is 0 Å². The van der Waals surface area contributed by atoms with Crippen molar-refractivity contribution in [2.45, 2.75) is 32.2 Å². The highest BCUT2D eigenvalue weighted by Gasteiger charge is 2.24. The van der Waals surface area contributed by atoms with Crippen molar-refractivity contribution in [2.75, 3.05) is 25.5 Å². The maximum absolute atomic E-state index is 12.2. The van der Waals surface area contributed by atoms with Crippen molar-refractivity contribution in [3.63, 3.8) is 0 Å². The molecule has 2 aliphatic heterocycles. The maximum atomic E-state index is 12.2. The molecule has 1 atom stereocenters. The predicted octanol–water partition coefficient (Wildman–Crippen LogP) is 0.791. The Morgan fingerprint density at radius 3 is 2.90 bits per heavy atom. The molecule has 3 rings (SSSR count). The molecular weight excluding hydrogens is 290 g/mol. The molecule has 0 spiro atoms. The smallest absolute Gasteiger partial charge is 0.211 e. The third-order valence-corrected chi connectivity index (χ3v) is 5.96. The number of nitrogens with zero attached hydrogens (tertiary/aromatic N) is 2. The van der Waals surface area contributed by atoms with Crippen LogP contribution in [0.5, 0.6) is 0 Å². The summed E-state index contributed by atoms with van der Waals surface area (Å²) < 4.78 is 34.5. The van der Waals surface area contributed by atoms with Gasteiger partial charge in [-0.2, -0.15) is 0 Å². The molecule has 1 unspecified atom stereocenters. The van der Waals surface area contributed by atoms with E-state index in [0.717, 1.165) is 38.1 Å². The van der Waals surface area contributed by atoms with E-state index in [1.807, 2.05) is 12.4 Å². The summed E-state index contributed by atoms with van der Waals surface area (Å²) in [5.74, 6) is 1.89. The van der Waals surface area contributed by atoms with Gasteiger partial charge >= 0.3 is 0 Å². The lowest BCUT2D eigenvalue weighted by molar-refractivity contribution is 0.0723. The summed E-state index contributed by atoms with van der Waals surface area (Å²) in [7, 11) is -3.18. The molecule has 0 amide bonds. The van der Waals surface area contributed by atoms with Gasteiger partial charge in [0.25, 0.3) is 0 Å². The number of aromatic nitrogens is 2. The molecule has 1 aromatic rings. The number of ether oxygens (including phenoxy) is 1. The van der Waals surface area contributed by atoms with Crippen molar-refractivity contribution in [3.8, 4) is 0 Å². The van der Waals surface area contributed by atoms with E-state index in [4.69, 9.17) is 4.74 Å². The van der Waals surface area contributed by atoms with Crippen LogP contribution in [0.3, 0.4) is 0 Å². The van der Waals surface area contributed by atoms with Gasteiger partial charge in [-0.3, -0.25) is 0 Å². The van der Waals surface area contributed by atoms with Crippen LogP contribution >= 0.6 is 0 Å². The minimum atomic E-state index is -3.18. The van der Waals surface area contributed by atoms with Crippen LogP contribution in [-0.4, -0.2) is 43.5 Å². The van der Waals surface area contributed by atoms with E-state index in [1.165, 1.54) is 0 Å². The molecule has 118 valence electrons. The Labute approximate surface area is 125 Å². The second-order valence-electron chi connectivity index (χ2n) is 6.08. The van der Waals surface area contributed by atoms with Crippen molar-refractivity contribution >= 4 is 10.0 Å². The molecule has 1 N–H and O–H groups in total. The summed E-state index contributed by atoms with van der Waals surface area (Å²) >= 11 is 0. The highest BCUT2D eigenvalue weighted by atomic mass is 32.2. The molecule has 3 heterocycles. The number of sulfonamides is 1. The largest absolute Gasteiger partial charge is 0.381 e. The third kappa shape index (κ3) is 4.05. The zero-order valence-electron chi connectivity index (χ0n) is 12.2.